The van der Waals surface area contributed by atoms with E-state index in [2.05, 4.69) is 18.1 Å². The number of halogens is 1. The summed E-state index contributed by atoms with van der Waals surface area (Å²) in [4.78, 5) is 25.7. The van der Waals surface area contributed by atoms with E-state index in [9.17, 15) is 9.59 Å². The van der Waals surface area contributed by atoms with Gasteiger partial charge in [0.2, 0.25) is 11.1 Å². The van der Waals surface area contributed by atoms with Gasteiger partial charge in [0.25, 0.3) is 0 Å². The van der Waals surface area contributed by atoms with Gasteiger partial charge >= 0.3 is 0 Å². The third-order valence-corrected chi connectivity index (χ3v) is 2.95. The molecule has 21 heavy (non-hydrogen) atoms. The summed E-state index contributed by atoms with van der Waals surface area (Å²) < 4.78 is 0. The Morgan fingerprint density at radius 1 is 1.29 bits per heavy atom. The quantitative estimate of drug-likeness (QED) is 0.696. The number of fused-ring (bicyclic) bond motifs is 1. The molecule has 1 aromatic carbocycles. The van der Waals surface area contributed by atoms with Gasteiger partial charge in [0.05, 0.1) is 0 Å². The van der Waals surface area contributed by atoms with E-state index < -0.39 is 5.24 Å². The maximum absolute atomic E-state index is 11.4. The van der Waals surface area contributed by atoms with E-state index in [1.807, 2.05) is 30.5 Å². The molecule has 1 amide bonds. The molecular weight excluding hydrogens is 288 g/mol. The Labute approximate surface area is 128 Å². The Balaban J connectivity index is 0.000000383. The lowest BCUT2D eigenvalue weighted by Crippen LogP contribution is -2.23. The zero-order valence-corrected chi connectivity index (χ0v) is 12.6. The molecule has 1 N–H and O–H groups in total. The minimum Gasteiger partial charge on any atom is -0.361 e. The number of allylic oxidation sites excluding steroid dienone is 1. The molecule has 0 atom stereocenters. The molecule has 2 aromatic rings. The van der Waals surface area contributed by atoms with Crippen molar-refractivity contribution >= 4 is 33.7 Å². The molecule has 0 aliphatic carbocycles. The fraction of sp³-hybridized carbons (Fsp3) is 0.125. The Bertz CT molecular complexity index is 661. The van der Waals surface area contributed by atoms with Gasteiger partial charge in [-0.1, -0.05) is 31.4 Å². The highest BCUT2D eigenvalue weighted by atomic mass is 35.5. The van der Waals surface area contributed by atoms with Crippen molar-refractivity contribution in [3.8, 4) is 0 Å². The molecule has 5 heteroatoms. The molecule has 1 aromatic heterocycles. The number of hydrogen-bond acceptors (Lipinski definition) is 2. The Morgan fingerprint density at radius 2 is 1.90 bits per heavy atom. The van der Waals surface area contributed by atoms with Gasteiger partial charge in [-0.15, -0.1) is 0 Å². The van der Waals surface area contributed by atoms with Crippen LogP contribution in [-0.4, -0.2) is 28.1 Å². The molecule has 1 heterocycles. The van der Waals surface area contributed by atoms with Crippen LogP contribution in [0.3, 0.4) is 0 Å². The van der Waals surface area contributed by atoms with Gasteiger partial charge in [-0.05, 0) is 35.4 Å². The minimum atomic E-state index is -0.509. The zero-order valence-electron chi connectivity index (χ0n) is 11.8. The van der Waals surface area contributed by atoms with Crippen LogP contribution >= 0.6 is 11.6 Å². The zero-order chi connectivity index (χ0) is 15.8. The number of aromatic nitrogens is 1. The third kappa shape index (κ3) is 4.93. The first-order chi connectivity index (χ1) is 9.99. The Morgan fingerprint density at radius 3 is 2.48 bits per heavy atom. The highest BCUT2D eigenvalue weighted by Gasteiger charge is 2.08. The topological polar surface area (TPSA) is 53.2 Å². The predicted molar refractivity (Wildman–Crippen MR) is 86.0 cm³/mol. The van der Waals surface area contributed by atoms with Gasteiger partial charge in [-0.2, -0.15) is 0 Å². The van der Waals surface area contributed by atoms with Crippen molar-refractivity contribution in [2.75, 3.05) is 7.05 Å². The largest absolute Gasteiger partial charge is 0.361 e. The van der Waals surface area contributed by atoms with Crippen LogP contribution < -0.4 is 0 Å². The first kappa shape index (κ1) is 16.7. The van der Waals surface area contributed by atoms with E-state index in [1.54, 1.807) is 11.9 Å². The normalized spacial score (nSPS) is 9.43. The number of benzene rings is 1. The van der Waals surface area contributed by atoms with Crippen molar-refractivity contribution in [1.29, 1.82) is 0 Å². The van der Waals surface area contributed by atoms with Crippen LogP contribution in [0.5, 0.6) is 0 Å². The van der Waals surface area contributed by atoms with Crippen LogP contribution in [0.25, 0.3) is 10.9 Å². The second kappa shape index (κ2) is 8.07. The van der Waals surface area contributed by atoms with Gasteiger partial charge in [0, 0.05) is 30.7 Å². The molecule has 110 valence electrons. The molecule has 0 saturated carbocycles. The summed E-state index contributed by atoms with van der Waals surface area (Å²) in [6, 6.07) is 8.05. The van der Waals surface area contributed by atoms with E-state index in [4.69, 9.17) is 11.6 Å². The molecule has 0 aliphatic heterocycles. The van der Waals surface area contributed by atoms with Crippen LogP contribution in [0.1, 0.15) is 5.56 Å². The SMILES string of the molecule is C=CC(=O)Cl.C=CC(=O)N(C)Cc1c[nH]c2ccccc12. The number of nitrogens with zero attached hydrogens (tertiary/aromatic N) is 1. The minimum absolute atomic E-state index is 0.0646. The molecule has 4 nitrogen and oxygen atoms in total. The van der Waals surface area contributed by atoms with E-state index in [0.717, 1.165) is 22.5 Å². The van der Waals surface area contributed by atoms with Gasteiger partial charge in [-0.3, -0.25) is 9.59 Å². The number of rotatable bonds is 4. The number of amides is 1. The predicted octanol–water partition coefficient (Wildman–Crippen LogP) is 3.25. The number of para-hydroxylation sites is 1. The van der Waals surface area contributed by atoms with Crippen molar-refractivity contribution < 1.29 is 9.59 Å². The van der Waals surface area contributed by atoms with E-state index in [1.165, 1.54) is 6.08 Å². The molecule has 0 spiro atoms. The number of hydrogen-bond donors (Lipinski definition) is 1. The van der Waals surface area contributed by atoms with Crippen molar-refractivity contribution in [1.82, 2.24) is 9.88 Å². The number of carbonyl (C=O) groups is 2. The lowest BCUT2D eigenvalue weighted by Gasteiger charge is -2.14. The smallest absolute Gasteiger partial charge is 0.245 e. The van der Waals surface area contributed by atoms with E-state index in [-0.39, 0.29) is 5.91 Å². The standard InChI is InChI=1S/C13H14N2O.C3H3ClO/c1-3-13(16)15(2)9-10-8-14-12-7-5-4-6-11(10)12;1-2-3(4)5/h3-8,14H,1,9H2,2H3;2H,1H2. The Kier molecular flexibility index (Phi) is 6.43. The van der Waals surface area contributed by atoms with Crippen molar-refractivity contribution in [3.05, 3.63) is 61.3 Å². The summed E-state index contributed by atoms with van der Waals surface area (Å²) in [6.45, 7) is 7.15. The fourth-order valence-electron chi connectivity index (χ4n) is 1.75. The fourth-order valence-corrected chi connectivity index (χ4v) is 1.75. The average Bonchev–Trinajstić information content (AvgIpc) is 2.90. The van der Waals surface area contributed by atoms with Crippen LogP contribution in [-0.2, 0) is 16.1 Å². The molecule has 0 aliphatic rings. The molecule has 0 radical (unpaired) electrons. The second-order valence-electron chi connectivity index (χ2n) is 4.27. The van der Waals surface area contributed by atoms with Crippen molar-refractivity contribution in [2.45, 2.75) is 6.54 Å². The Hall–Kier alpha value is -2.33. The lowest BCUT2D eigenvalue weighted by atomic mass is 10.1. The van der Waals surface area contributed by atoms with Crippen molar-refractivity contribution in [2.24, 2.45) is 0 Å². The molecular formula is C16H17ClN2O2. The number of carbonyl (C=O) groups excluding carboxylic acids is 2. The average molecular weight is 305 g/mol. The number of nitrogens with one attached hydrogen (secondary N) is 1. The highest BCUT2D eigenvalue weighted by Crippen LogP contribution is 2.18. The van der Waals surface area contributed by atoms with Crippen LogP contribution in [0.4, 0.5) is 0 Å². The maximum atomic E-state index is 11.4. The molecule has 0 fully saturated rings. The van der Waals surface area contributed by atoms with E-state index >= 15 is 0 Å². The van der Waals surface area contributed by atoms with Crippen LogP contribution in [0, 0.1) is 0 Å². The second-order valence-corrected chi connectivity index (χ2v) is 4.64. The summed E-state index contributed by atoms with van der Waals surface area (Å²) in [7, 11) is 1.77. The van der Waals surface area contributed by atoms with Crippen LogP contribution in [0.15, 0.2) is 55.8 Å². The van der Waals surface area contributed by atoms with E-state index in [0.29, 0.717) is 6.54 Å². The van der Waals surface area contributed by atoms with Gasteiger partial charge < -0.3 is 9.88 Å². The molecule has 0 saturated heterocycles. The maximum Gasteiger partial charge on any atom is 0.245 e. The van der Waals surface area contributed by atoms with Gasteiger partial charge in [0.15, 0.2) is 0 Å². The molecule has 2 rings (SSSR count). The monoisotopic (exact) mass is 304 g/mol. The third-order valence-electron chi connectivity index (χ3n) is 2.79. The molecule has 0 unspecified atom stereocenters. The van der Waals surface area contributed by atoms with Gasteiger partial charge in [0.1, 0.15) is 0 Å². The first-order valence-electron chi connectivity index (χ1n) is 6.24. The van der Waals surface area contributed by atoms with Crippen molar-refractivity contribution in [3.63, 3.8) is 0 Å². The first-order valence-corrected chi connectivity index (χ1v) is 6.61. The number of aromatic amines is 1. The van der Waals surface area contributed by atoms with Gasteiger partial charge in [-0.25, -0.2) is 0 Å². The summed E-state index contributed by atoms with van der Waals surface area (Å²) >= 11 is 4.71. The number of likely N-dealkylation sites (N-methyl/N-ethyl adjacent to an activating group) is 1. The number of H-pyrrole nitrogens is 1. The highest BCUT2D eigenvalue weighted by molar-refractivity contribution is 6.66. The summed E-state index contributed by atoms with van der Waals surface area (Å²) in [5.41, 5.74) is 2.21. The summed E-state index contributed by atoms with van der Waals surface area (Å²) in [6.07, 6.45) is 4.31. The summed E-state index contributed by atoms with van der Waals surface area (Å²) in [5.74, 6) is -0.0646. The lowest BCUT2D eigenvalue weighted by molar-refractivity contribution is -0.125. The summed E-state index contributed by atoms with van der Waals surface area (Å²) in [5, 5.41) is 0.649. The molecule has 0 bridgehead atoms. The van der Waals surface area contributed by atoms with Crippen LogP contribution in [0.2, 0.25) is 0 Å².